The molecule has 1 heterocycles. The summed E-state index contributed by atoms with van der Waals surface area (Å²) in [7, 11) is 3.66. The molecule has 0 atom stereocenters. The number of rotatable bonds is 9. The van der Waals surface area contributed by atoms with E-state index in [9.17, 15) is 0 Å². The Kier molecular flexibility index (Phi) is 7.48. The molecule has 0 saturated heterocycles. The van der Waals surface area contributed by atoms with Gasteiger partial charge in [0.15, 0.2) is 5.16 Å². The van der Waals surface area contributed by atoms with Gasteiger partial charge in [0.05, 0.1) is 18.7 Å². The molecule has 0 spiro atoms. The summed E-state index contributed by atoms with van der Waals surface area (Å²) in [6.07, 6.45) is 1.58. The van der Waals surface area contributed by atoms with Gasteiger partial charge in [-0.3, -0.25) is 0 Å². The molecule has 0 aliphatic rings. The standard InChI is InChI=1S/C20H21Cl2N3O2S/c1-25-19(7-4-10-27-18-9-8-15(21)12-17(18)22)23-24-20(25)28-13-14-5-3-6-16(11-14)26-2/h3,5-6,8-9,11-12H,4,7,10,13H2,1-2H3. The number of ether oxygens (including phenoxy) is 2. The molecule has 5 nitrogen and oxygen atoms in total. The number of halogens is 2. The number of aromatic nitrogens is 3. The maximum atomic E-state index is 6.11. The molecular formula is C20H21Cl2N3O2S. The van der Waals surface area contributed by atoms with Crippen LogP contribution in [0.15, 0.2) is 47.6 Å². The third-order valence-electron chi connectivity index (χ3n) is 4.12. The van der Waals surface area contributed by atoms with Gasteiger partial charge in [0.1, 0.15) is 17.3 Å². The van der Waals surface area contributed by atoms with Crippen molar-refractivity contribution in [1.82, 2.24) is 14.8 Å². The predicted octanol–water partition coefficient (Wildman–Crippen LogP) is 5.43. The van der Waals surface area contributed by atoms with Crippen LogP contribution in [-0.2, 0) is 19.2 Å². The molecular weight excluding hydrogens is 417 g/mol. The van der Waals surface area contributed by atoms with E-state index in [0.29, 0.717) is 22.4 Å². The van der Waals surface area contributed by atoms with Crippen LogP contribution in [0.2, 0.25) is 10.0 Å². The van der Waals surface area contributed by atoms with E-state index < -0.39 is 0 Å². The van der Waals surface area contributed by atoms with E-state index in [4.69, 9.17) is 32.7 Å². The summed E-state index contributed by atoms with van der Waals surface area (Å²) in [4.78, 5) is 0. The molecule has 0 amide bonds. The smallest absolute Gasteiger partial charge is 0.191 e. The zero-order valence-electron chi connectivity index (χ0n) is 15.7. The van der Waals surface area contributed by atoms with Crippen molar-refractivity contribution in [3.05, 3.63) is 63.9 Å². The summed E-state index contributed by atoms with van der Waals surface area (Å²) in [6, 6.07) is 13.2. The van der Waals surface area contributed by atoms with Crippen molar-refractivity contribution in [1.29, 1.82) is 0 Å². The maximum Gasteiger partial charge on any atom is 0.191 e. The minimum absolute atomic E-state index is 0.516. The molecule has 0 bridgehead atoms. The van der Waals surface area contributed by atoms with Crippen molar-refractivity contribution in [2.45, 2.75) is 23.8 Å². The molecule has 0 saturated carbocycles. The predicted molar refractivity (Wildman–Crippen MR) is 114 cm³/mol. The van der Waals surface area contributed by atoms with Gasteiger partial charge >= 0.3 is 0 Å². The summed E-state index contributed by atoms with van der Waals surface area (Å²) < 4.78 is 13.0. The van der Waals surface area contributed by atoms with E-state index in [1.54, 1.807) is 37.1 Å². The number of hydrogen-bond acceptors (Lipinski definition) is 5. The number of benzene rings is 2. The van der Waals surface area contributed by atoms with E-state index in [2.05, 4.69) is 16.3 Å². The van der Waals surface area contributed by atoms with Crippen LogP contribution in [-0.4, -0.2) is 28.5 Å². The Balaban J connectivity index is 1.48. The van der Waals surface area contributed by atoms with Crippen LogP contribution in [0.4, 0.5) is 0 Å². The number of methoxy groups -OCH3 is 1. The SMILES string of the molecule is COc1cccc(CSc2nnc(CCCOc3ccc(Cl)cc3Cl)n2C)c1. The van der Waals surface area contributed by atoms with Crippen LogP contribution < -0.4 is 9.47 Å². The van der Waals surface area contributed by atoms with Gasteiger partial charge in [0.25, 0.3) is 0 Å². The molecule has 28 heavy (non-hydrogen) atoms. The van der Waals surface area contributed by atoms with Gasteiger partial charge in [-0.05, 0) is 42.3 Å². The van der Waals surface area contributed by atoms with Crippen molar-refractivity contribution >= 4 is 35.0 Å². The van der Waals surface area contributed by atoms with Gasteiger partial charge in [-0.1, -0.05) is 47.1 Å². The molecule has 3 aromatic rings. The average Bonchev–Trinajstić information content (AvgIpc) is 3.05. The van der Waals surface area contributed by atoms with E-state index in [0.717, 1.165) is 35.3 Å². The Labute approximate surface area is 179 Å². The molecule has 2 aromatic carbocycles. The first kappa shape index (κ1) is 20.8. The zero-order valence-corrected chi connectivity index (χ0v) is 18.0. The fraction of sp³-hybridized carbons (Fsp3) is 0.300. The second-order valence-corrected chi connectivity index (χ2v) is 7.91. The third-order valence-corrected chi connectivity index (χ3v) is 5.75. The molecule has 0 fully saturated rings. The highest BCUT2D eigenvalue weighted by atomic mass is 35.5. The summed E-state index contributed by atoms with van der Waals surface area (Å²) in [6.45, 7) is 0.542. The van der Waals surface area contributed by atoms with Gasteiger partial charge in [0, 0.05) is 24.2 Å². The van der Waals surface area contributed by atoms with Gasteiger partial charge in [0.2, 0.25) is 0 Å². The van der Waals surface area contributed by atoms with Gasteiger partial charge in [-0.2, -0.15) is 0 Å². The lowest BCUT2D eigenvalue weighted by atomic mass is 10.2. The fourth-order valence-electron chi connectivity index (χ4n) is 2.60. The monoisotopic (exact) mass is 437 g/mol. The van der Waals surface area contributed by atoms with Crippen molar-refractivity contribution < 1.29 is 9.47 Å². The highest BCUT2D eigenvalue weighted by molar-refractivity contribution is 7.98. The van der Waals surface area contributed by atoms with Gasteiger partial charge in [-0.25, -0.2) is 0 Å². The lowest BCUT2D eigenvalue weighted by molar-refractivity contribution is 0.309. The average molecular weight is 438 g/mol. The van der Waals surface area contributed by atoms with E-state index in [1.165, 1.54) is 5.56 Å². The molecule has 0 aliphatic heterocycles. The Hall–Kier alpha value is -1.89. The first-order valence-corrected chi connectivity index (χ1v) is 10.5. The molecule has 3 rings (SSSR count). The van der Waals surface area contributed by atoms with Crippen molar-refractivity contribution in [2.24, 2.45) is 7.05 Å². The number of nitrogens with zero attached hydrogens (tertiary/aromatic N) is 3. The van der Waals surface area contributed by atoms with Crippen molar-refractivity contribution in [2.75, 3.05) is 13.7 Å². The molecule has 0 N–H and O–H groups in total. The molecule has 1 aromatic heterocycles. The molecule has 0 aliphatic carbocycles. The minimum atomic E-state index is 0.516. The fourth-order valence-corrected chi connectivity index (χ4v) is 3.94. The van der Waals surface area contributed by atoms with E-state index in [1.807, 2.05) is 29.8 Å². The van der Waals surface area contributed by atoms with Crippen LogP contribution in [0.5, 0.6) is 11.5 Å². The Bertz CT molecular complexity index is 934. The Morgan fingerprint density at radius 1 is 1.11 bits per heavy atom. The number of hydrogen-bond donors (Lipinski definition) is 0. The van der Waals surface area contributed by atoms with E-state index >= 15 is 0 Å². The quantitative estimate of drug-likeness (QED) is 0.329. The topological polar surface area (TPSA) is 49.2 Å². The summed E-state index contributed by atoms with van der Waals surface area (Å²) in [5, 5.41) is 10.6. The lowest BCUT2D eigenvalue weighted by Crippen LogP contribution is -2.04. The van der Waals surface area contributed by atoms with Crippen LogP contribution in [0, 0.1) is 0 Å². The van der Waals surface area contributed by atoms with Crippen molar-refractivity contribution in [3.63, 3.8) is 0 Å². The largest absolute Gasteiger partial charge is 0.497 e. The van der Waals surface area contributed by atoms with Gasteiger partial charge in [-0.15, -0.1) is 10.2 Å². The van der Waals surface area contributed by atoms with Crippen LogP contribution in [0.1, 0.15) is 17.8 Å². The molecule has 0 radical (unpaired) electrons. The first-order chi connectivity index (χ1) is 13.6. The van der Waals surface area contributed by atoms with Crippen LogP contribution >= 0.6 is 35.0 Å². The summed E-state index contributed by atoms with van der Waals surface area (Å²) in [5.41, 5.74) is 1.18. The highest BCUT2D eigenvalue weighted by Gasteiger charge is 2.10. The molecule has 8 heteroatoms. The maximum absolute atomic E-state index is 6.11. The number of thioether (sulfide) groups is 1. The Morgan fingerprint density at radius 2 is 1.96 bits per heavy atom. The number of aryl methyl sites for hydroxylation is 1. The first-order valence-electron chi connectivity index (χ1n) is 8.78. The normalized spacial score (nSPS) is 10.9. The minimum Gasteiger partial charge on any atom is -0.497 e. The van der Waals surface area contributed by atoms with Crippen molar-refractivity contribution in [3.8, 4) is 11.5 Å². The van der Waals surface area contributed by atoms with Crippen LogP contribution in [0.25, 0.3) is 0 Å². The van der Waals surface area contributed by atoms with Gasteiger partial charge < -0.3 is 14.0 Å². The Morgan fingerprint density at radius 3 is 2.75 bits per heavy atom. The second-order valence-electron chi connectivity index (χ2n) is 6.12. The third kappa shape index (κ3) is 5.56. The zero-order chi connectivity index (χ0) is 19.9. The summed E-state index contributed by atoms with van der Waals surface area (Å²) >= 11 is 13.7. The second kappa shape index (κ2) is 10.0. The highest BCUT2D eigenvalue weighted by Crippen LogP contribution is 2.28. The van der Waals surface area contributed by atoms with Crippen LogP contribution in [0.3, 0.4) is 0 Å². The summed E-state index contributed by atoms with van der Waals surface area (Å²) in [5.74, 6) is 3.23. The lowest BCUT2D eigenvalue weighted by Gasteiger charge is -2.08. The molecule has 0 unspecified atom stereocenters. The van der Waals surface area contributed by atoms with E-state index in [-0.39, 0.29) is 0 Å². The molecule has 148 valence electrons.